The first kappa shape index (κ1) is 13.7. The van der Waals surface area contributed by atoms with Crippen LogP contribution in [0.1, 0.15) is 12.8 Å². The SMILES string of the molecule is O=C1NCC2(CC2)C(=O)N1c1ccc(OC(F)(F)F)cc1. The first-order valence-electron chi connectivity index (χ1n) is 6.29. The maximum atomic E-state index is 12.3. The number of imide groups is 1. The molecule has 0 bridgehead atoms. The fourth-order valence-electron chi connectivity index (χ4n) is 2.30. The van der Waals surface area contributed by atoms with Gasteiger partial charge in [-0.2, -0.15) is 0 Å². The quantitative estimate of drug-likeness (QED) is 0.912. The van der Waals surface area contributed by atoms with Crippen molar-refractivity contribution in [3.05, 3.63) is 24.3 Å². The van der Waals surface area contributed by atoms with Gasteiger partial charge in [-0.15, -0.1) is 13.2 Å². The summed E-state index contributed by atoms with van der Waals surface area (Å²) < 4.78 is 40.0. The predicted molar refractivity (Wildman–Crippen MR) is 65.7 cm³/mol. The highest BCUT2D eigenvalue weighted by atomic mass is 19.4. The van der Waals surface area contributed by atoms with Gasteiger partial charge in [0.15, 0.2) is 0 Å². The molecule has 1 spiro atoms. The van der Waals surface area contributed by atoms with E-state index in [0.717, 1.165) is 17.0 Å². The van der Waals surface area contributed by atoms with Crippen LogP contribution in [-0.2, 0) is 4.79 Å². The number of amides is 3. The van der Waals surface area contributed by atoms with Gasteiger partial charge >= 0.3 is 12.4 Å². The lowest BCUT2D eigenvalue weighted by Crippen LogP contribution is -2.56. The Kier molecular flexibility index (Phi) is 2.86. The van der Waals surface area contributed by atoms with Gasteiger partial charge in [0.05, 0.1) is 11.1 Å². The van der Waals surface area contributed by atoms with E-state index in [4.69, 9.17) is 0 Å². The summed E-state index contributed by atoms with van der Waals surface area (Å²) >= 11 is 0. The molecule has 1 aromatic carbocycles. The van der Waals surface area contributed by atoms with Crippen LogP contribution in [0.5, 0.6) is 5.75 Å². The number of ether oxygens (including phenoxy) is 1. The van der Waals surface area contributed by atoms with Crippen molar-refractivity contribution >= 4 is 17.6 Å². The van der Waals surface area contributed by atoms with Crippen LogP contribution >= 0.6 is 0 Å². The Balaban J connectivity index is 1.82. The zero-order chi connectivity index (χ0) is 15.3. The van der Waals surface area contributed by atoms with Crippen LogP contribution in [0, 0.1) is 5.41 Å². The van der Waals surface area contributed by atoms with Crippen molar-refractivity contribution in [3.8, 4) is 5.75 Å². The Morgan fingerprint density at radius 2 is 1.76 bits per heavy atom. The molecule has 1 heterocycles. The molecule has 3 amide bonds. The van der Waals surface area contributed by atoms with Gasteiger partial charge in [0.2, 0.25) is 5.91 Å². The molecule has 0 aromatic heterocycles. The maximum Gasteiger partial charge on any atom is 0.573 e. The highest BCUT2D eigenvalue weighted by Gasteiger charge is 2.56. The first-order chi connectivity index (χ1) is 9.81. The summed E-state index contributed by atoms with van der Waals surface area (Å²) in [6.45, 7) is 0.316. The Morgan fingerprint density at radius 3 is 2.29 bits per heavy atom. The van der Waals surface area contributed by atoms with Gasteiger partial charge in [-0.25, -0.2) is 9.69 Å². The number of carbonyl (C=O) groups is 2. The average molecular weight is 300 g/mol. The molecule has 2 aliphatic rings. The molecule has 1 saturated carbocycles. The summed E-state index contributed by atoms with van der Waals surface area (Å²) in [6, 6.07) is 4.07. The van der Waals surface area contributed by atoms with E-state index in [9.17, 15) is 22.8 Å². The zero-order valence-electron chi connectivity index (χ0n) is 10.7. The molecule has 112 valence electrons. The highest BCUT2D eigenvalue weighted by molar-refractivity contribution is 6.18. The van der Waals surface area contributed by atoms with Crippen LogP contribution in [0.3, 0.4) is 0 Å². The summed E-state index contributed by atoms with van der Waals surface area (Å²) in [5, 5.41) is 2.62. The Bertz CT molecular complexity index is 594. The van der Waals surface area contributed by atoms with Crippen LogP contribution < -0.4 is 15.0 Å². The molecule has 1 aliphatic carbocycles. The fraction of sp³-hybridized carbons (Fsp3) is 0.385. The van der Waals surface area contributed by atoms with Crippen molar-refractivity contribution in [2.45, 2.75) is 19.2 Å². The second-order valence-corrected chi connectivity index (χ2v) is 5.12. The summed E-state index contributed by atoms with van der Waals surface area (Å²) in [5.41, 5.74) is -0.312. The van der Waals surface area contributed by atoms with E-state index in [1.165, 1.54) is 12.1 Å². The lowest BCUT2D eigenvalue weighted by Gasteiger charge is -2.31. The summed E-state index contributed by atoms with van der Waals surface area (Å²) in [6.07, 6.45) is -3.37. The third-order valence-corrected chi connectivity index (χ3v) is 3.62. The van der Waals surface area contributed by atoms with Crippen molar-refractivity contribution in [2.24, 2.45) is 5.41 Å². The number of urea groups is 1. The number of carbonyl (C=O) groups excluding carboxylic acids is 2. The number of nitrogens with one attached hydrogen (secondary N) is 1. The second-order valence-electron chi connectivity index (χ2n) is 5.12. The Labute approximate surface area is 117 Å². The predicted octanol–water partition coefficient (Wildman–Crippen LogP) is 2.42. The van der Waals surface area contributed by atoms with Crippen molar-refractivity contribution in [2.75, 3.05) is 11.4 Å². The third kappa shape index (κ3) is 2.53. The number of alkyl halides is 3. The van der Waals surface area contributed by atoms with Gasteiger partial charge in [-0.05, 0) is 37.1 Å². The van der Waals surface area contributed by atoms with E-state index in [2.05, 4.69) is 10.1 Å². The number of halogens is 3. The van der Waals surface area contributed by atoms with Crippen LogP contribution in [0.4, 0.5) is 23.7 Å². The number of hydrogen-bond donors (Lipinski definition) is 1. The minimum Gasteiger partial charge on any atom is -0.406 e. The van der Waals surface area contributed by atoms with E-state index in [1.807, 2.05) is 0 Å². The molecule has 8 heteroatoms. The second kappa shape index (κ2) is 4.37. The third-order valence-electron chi connectivity index (χ3n) is 3.62. The maximum absolute atomic E-state index is 12.3. The number of hydrogen-bond acceptors (Lipinski definition) is 3. The molecule has 0 atom stereocenters. The average Bonchev–Trinajstić information content (AvgIpc) is 3.16. The van der Waals surface area contributed by atoms with E-state index in [0.29, 0.717) is 19.4 Å². The minimum atomic E-state index is -4.78. The summed E-state index contributed by atoms with van der Waals surface area (Å²) in [7, 11) is 0. The largest absolute Gasteiger partial charge is 0.573 e. The molecule has 1 aliphatic heterocycles. The van der Waals surface area contributed by atoms with Crippen LogP contribution in [0.2, 0.25) is 0 Å². The molecule has 2 fully saturated rings. The fourth-order valence-corrected chi connectivity index (χ4v) is 2.30. The monoisotopic (exact) mass is 300 g/mol. The van der Waals surface area contributed by atoms with Gasteiger partial charge < -0.3 is 10.1 Å². The van der Waals surface area contributed by atoms with Crippen LogP contribution in [0.25, 0.3) is 0 Å². The van der Waals surface area contributed by atoms with E-state index in [1.54, 1.807) is 0 Å². The van der Waals surface area contributed by atoms with Gasteiger partial charge in [-0.1, -0.05) is 0 Å². The van der Waals surface area contributed by atoms with Crippen LogP contribution in [-0.4, -0.2) is 24.8 Å². The van der Waals surface area contributed by atoms with Gasteiger partial charge in [0.1, 0.15) is 5.75 Å². The Hall–Kier alpha value is -2.25. The topological polar surface area (TPSA) is 58.6 Å². The smallest absolute Gasteiger partial charge is 0.406 e. The number of benzene rings is 1. The van der Waals surface area contributed by atoms with Crippen LogP contribution in [0.15, 0.2) is 24.3 Å². The standard InChI is InChI=1S/C13H11F3N2O3/c14-13(15,16)21-9-3-1-8(2-4-9)18-10(19)12(5-6-12)7-17-11(18)20/h1-4H,5-7H2,(H,17,20). The lowest BCUT2D eigenvalue weighted by molar-refractivity contribution is -0.274. The lowest BCUT2D eigenvalue weighted by atomic mass is 10.0. The summed E-state index contributed by atoms with van der Waals surface area (Å²) in [5.74, 6) is -0.715. The molecule has 0 radical (unpaired) electrons. The molecule has 5 nitrogen and oxygen atoms in total. The van der Waals surface area contributed by atoms with E-state index >= 15 is 0 Å². The highest BCUT2D eigenvalue weighted by Crippen LogP contribution is 2.48. The molecule has 3 rings (SSSR count). The molecule has 1 saturated heterocycles. The molecule has 21 heavy (non-hydrogen) atoms. The summed E-state index contributed by atoms with van der Waals surface area (Å²) in [4.78, 5) is 25.1. The van der Waals surface area contributed by atoms with Crippen molar-refractivity contribution < 1.29 is 27.5 Å². The van der Waals surface area contributed by atoms with Gasteiger partial charge in [0.25, 0.3) is 0 Å². The normalized spacial score (nSPS) is 20.4. The Morgan fingerprint density at radius 1 is 1.14 bits per heavy atom. The van der Waals surface area contributed by atoms with Crippen molar-refractivity contribution in [1.82, 2.24) is 5.32 Å². The molecule has 0 unspecified atom stereocenters. The number of anilines is 1. The van der Waals surface area contributed by atoms with E-state index in [-0.39, 0.29) is 11.6 Å². The van der Waals surface area contributed by atoms with E-state index < -0.39 is 23.6 Å². The van der Waals surface area contributed by atoms with Gasteiger partial charge in [0, 0.05) is 6.54 Å². The number of nitrogens with zero attached hydrogens (tertiary/aromatic N) is 1. The minimum absolute atomic E-state index is 0.220. The molecule has 1 aromatic rings. The molecular formula is C13H11F3N2O3. The van der Waals surface area contributed by atoms with Gasteiger partial charge in [-0.3, -0.25) is 4.79 Å². The van der Waals surface area contributed by atoms with Crippen molar-refractivity contribution in [1.29, 1.82) is 0 Å². The number of rotatable bonds is 2. The first-order valence-corrected chi connectivity index (χ1v) is 6.29. The molecular weight excluding hydrogens is 289 g/mol. The zero-order valence-corrected chi connectivity index (χ0v) is 10.7. The molecule has 1 N–H and O–H groups in total. The van der Waals surface area contributed by atoms with Crippen molar-refractivity contribution in [3.63, 3.8) is 0 Å².